The molecular formula is C33H30FN7O3S. The van der Waals surface area contributed by atoms with E-state index in [9.17, 15) is 13.7 Å². The van der Waals surface area contributed by atoms with E-state index < -0.39 is 21.6 Å². The number of sulfonamides is 1. The summed E-state index contributed by atoms with van der Waals surface area (Å²) in [4.78, 5) is 13.6. The minimum atomic E-state index is -4.09. The molecule has 0 bridgehead atoms. The molecule has 3 aromatic carbocycles. The lowest BCUT2D eigenvalue weighted by molar-refractivity contribution is 0.466. The highest BCUT2D eigenvalue weighted by Crippen LogP contribution is 2.40. The number of pyridine rings is 1. The third-order valence-corrected chi connectivity index (χ3v) is 8.78. The lowest BCUT2D eigenvalue weighted by Gasteiger charge is -2.23. The Bertz CT molecular complexity index is 2030. The van der Waals surface area contributed by atoms with E-state index in [1.807, 2.05) is 19.1 Å². The van der Waals surface area contributed by atoms with Crippen molar-refractivity contribution in [2.24, 2.45) is 0 Å². The number of halogens is 1. The first kappa shape index (κ1) is 29.9. The van der Waals surface area contributed by atoms with Gasteiger partial charge in [-0.15, -0.1) is 0 Å². The van der Waals surface area contributed by atoms with Crippen molar-refractivity contribution < 1.29 is 17.5 Å². The average Bonchev–Trinajstić information content (AvgIpc) is 3.04. The van der Waals surface area contributed by atoms with Gasteiger partial charge in [0, 0.05) is 35.8 Å². The average molecular weight is 624 g/mol. The van der Waals surface area contributed by atoms with Gasteiger partial charge in [-0.3, -0.25) is 4.72 Å². The molecule has 228 valence electrons. The van der Waals surface area contributed by atoms with E-state index in [1.165, 1.54) is 12.1 Å². The van der Waals surface area contributed by atoms with Crippen molar-refractivity contribution in [3.63, 3.8) is 0 Å². The molecule has 3 heterocycles. The predicted molar refractivity (Wildman–Crippen MR) is 171 cm³/mol. The number of ether oxygens (including phenoxy) is 1. The van der Waals surface area contributed by atoms with Crippen LogP contribution in [0.5, 0.6) is 11.6 Å². The second-order valence-corrected chi connectivity index (χ2v) is 12.5. The molecule has 0 amide bonds. The lowest BCUT2D eigenvalue weighted by atomic mass is 10.0. The van der Waals surface area contributed by atoms with E-state index in [0.717, 1.165) is 31.5 Å². The molecule has 1 aliphatic heterocycles. The van der Waals surface area contributed by atoms with Crippen molar-refractivity contribution >= 4 is 32.4 Å². The zero-order chi connectivity index (χ0) is 31.4. The molecule has 12 heteroatoms. The summed E-state index contributed by atoms with van der Waals surface area (Å²) in [6, 6.07) is 20.1. The third-order valence-electron chi connectivity index (χ3n) is 7.57. The van der Waals surface area contributed by atoms with Crippen molar-refractivity contribution in [2.45, 2.75) is 31.6 Å². The normalized spacial score (nSPS) is 14.9. The number of piperidine rings is 1. The van der Waals surface area contributed by atoms with E-state index in [2.05, 4.69) is 25.3 Å². The summed E-state index contributed by atoms with van der Waals surface area (Å²) in [5.41, 5.74) is 2.30. The Hall–Kier alpha value is -5.12. The fourth-order valence-corrected chi connectivity index (χ4v) is 6.60. The van der Waals surface area contributed by atoms with Gasteiger partial charge in [-0.25, -0.2) is 27.8 Å². The Labute approximate surface area is 260 Å². The zero-order valence-corrected chi connectivity index (χ0v) is 25.2. The highest BCUT2D eigenvalue weighted by Gasteiger charge is 2.22. The monoisotopic (exact) mass is 623 g/mol. The fourth-order valence-electron chi connectivity index (χ4n) is 5.35. The van der Waals surface area contributed by atoms with Gasteiger partial charge in [-0.1, -0.05) is 30.3 Å². The number of benzene rings is 3. The molecule has 5 aromatic rings. The SMILES string of the molecule is Cc1ccc2c(NS(=O)(=O)Cc3ccccc3C#N)c(F)ccc2c1Oc1ncccc1-c1ccnc(N[C@H]2CCCNC2)n1. The minimum absolute atomic E-state index is 0.211. The molecule has 0 radical (unpaired) electrons. The van der Waals surface area contributed by atoms with Gasteiger partial charge in [0.2, 0.25) is 21.9 Å². The number of nitrogens with zero attached hydrogens (tertiary/aromatic N) is 4. The van der Waals surface area contributed by atoms with E-state index in [4.69, 9.17) is 9.72 Å². The van der Waals surface area contributed by atoms with Crippen LogP contribution in [0.4, 0.5) is 16.0 Å². The van der Waals surface area contributed by atoms with E-state index in [1.54, 1.807) is 60.9 Å². The maximum Gasteiger partial charge on any atom is 0.237 e. The van der Waals surface area contributed by atoms with Crippen LogP contribution in [-0.2, 0) is 15.8 Å². The Balaban J connectivity index is 1.33. The number of hydrogen-bond donors (Lipinski definition) is 3. The smallest absolute Gasteiger partial charge is 0.237 e. The molecule has 0 aliphatic carbocycles. The van der Waals surface area contributed by atoms with E-state index >= 15 is 4.39 Å². The Kier molecular flexibility index (Phi) is 8.55. The lowest BCUT2D eigenvalue weighted by Crippen LogP contribution is -2.38. The van der Waals surface area contributed by atoms with Gasteiger partial charge < -0.3 is 15.4 Å². The first-order valence-corrected chi connectivity index (χ1v) is 16.1. The number of aryl methyl sites for hydroxylation is 1. The van der Waals surface area contributed by atoms with Gasteiger partial charge in [-0.2, -0.15) is 5.26 Å². The summed E-state index contributed by atoms with van der Waals surface area (Å²) in [6.45, 7) is 3.68. The zero-order valence-electron chi connectivity index (χ0n) is 24.4. The van der Waals surface area contributed by atoms with Crippen molar-refractivity contribution in [1.29, 1.82) is 5.26 Å². The molecule has 45 heavy (non-hydrogen) atoms. The minimum Gasteiger partial charge on any atom is -0.437 e. The second-order valence-electron chi connectivity index (χ2n) is 10.8. The molecule has 6 rings (SSSR count). The molecule has 2 aromatic heterocycles. The molecule has 10 nitrogen and oxygen atoms in total. The number of hydrogen-bond acceptors (Lipinski definition) is 9. The number of rotatable bonds is 9. The summed E-state index contributed by atoms with van der Waals surface area (Å²) < 4.78 is 50.4. The number of nitriles is 1. The summed E-state index contributed by atoms with van der Waals surface area (Å²) in [7, 11) is -4.09. The summed E-state index contributed by atoms with van der Waals surface area (Å²) in [5, 5.41) is 16.9. The van der Waals surface area contributed by atoms with Crippen molar-refractivity contribution in [3.05, 3.63) is 102 Å². The number of anilines is 2. The predicted octanol–water partition coefficient (Wildman–Crippen LogP) is 5.91. The standard InChI is InChI=1S/C33H30FN7O3S/c1-21-10-11-25-26(12-13-28(34)30(25)41-45(42,43)20-23-7-3-2-6-22(23)18-35)31(21)44-32-27(9-5-16-37-32)29-14-17-38-33(40-29)39-24-8-4-15-36-19-24/h2-3,5-7,9-14,16-17,24,36,41H,4,8,15,19-20H2,1H3,(H,38,39,40)/t24-/m0/s1. The molecule has 0 saturated carbocycles. The van der Waals surface area contributed by atoms with E-state index in [0.29, 0.717) is 39.3 Å². The Morgan fingerprint density at radius 2 is 1.89 bits per heavy atom. The Morgan fingerprint density at radius 1 is 1.04 bits per heavy atom. The number of fused-ring (bicyclic) bond motifs is 1. The molecular weight excluding hydrogens is 593 g/mol. The highest BCUT2D eigenvalue weighted by molar-refractivity contribution is 7.91. The highest BCUT2D eigenvalue weighted by atomic mass is 32.2. The first-order valence-electron chi connectivity index (χ1n) is 14.4. The molecule has 1 fully saturated rings. The maximum atomic E-state index is 15.2. The van der Waals surface area contributed by atoms with Crippen LogP contribution >= 0.6 is 0 Å². The van der Waals surface area contributed by atoms with E-state index in [-0.39, 0.29) is 23.2 Å². The second kappa shape index (κ2) is 12.9. The van der Waals surface area contributed by atoms with Crippen LogP contribution in [0.25, 0.3) is 22.0 Å². The van der Waals surface area contributed by atoms with Gasteiger partial charge >= 0.3 is 0 Å². The van der Waals surface area contributed by atoms with Crippen LogP contribution in [-0.4, -0.2) is 42.5 Å². The third kappa shape index (κ3) is 6.69. The number of nitrogens with one attached hydrogen (secondary N) is 3. The topological polar surface area (TPSA) is 142 Å². The fraction of sp³-hybridized carbons (Fsp3) is 0.212. The first-order chi connectivity index (χ1) is 21.8. The molecule has 0 unspecified atom stereocenters. The van der Waals surface area contributed by atoms with Crippen molar-refractivity contribution in [1.82, 2.24) is 20.3 Å². The van der Waals surface area contributed by atoms with Gasteiger partial charge in [0.15, 0.2) is 0 Å². The number of aromatic nitrogens is 3. The van der Waals surface area contributed by atoms with Gasteiger partial charge in [0.25, 0.3) is 0 Å². The molecule has 1 saturated heterocycles. The molecule has 1 atom stereocenters. The summed E-state index contributed by atoms with van der Waals surface area (Å²) in [6.07, 6.45) is 5.38. The molecule has 3 N–H and O–H groups in total. The van der Waals surface area contributed by atoms with Crippen molar-refractivity contribution in [3.8, 4) is 29.0 Å². The van der Waals surface area contributed by atoms with Gasteiger partial charge in [0.05, 0.1) is 34.3 Å². The largest absolute Gasteiger partial charge is 0.437 e. The Morgan fingerprint density at radius 3 is 2.71 bits per heavy atom. The van der Waals surface area contributed by atoms with Crippen LogP contribution in [0.3, 0.4) is 0 Å². The quantitative estimate of drug-likeness (QED) is 0.183. The van der Waals surface area contributed by atoms with Crippen LogP contribution in [0.1, 0.15) is 29.5 Å². The summed E-state index contributed by atoms with van der Waals surface area (Å²) in [5.74, 6) is -0.0732. The van der Waals surface area contributed by atoms with Crippen LogP contribution in [0.2, 0.25) is 0 Å². The van der Waals surface area contributed by atoms with Gasteiger partial charge in [0.1, 0.15) is 11.6 Å². The van der Waals surface area contributed by atoms with Crippen LogP contribution in [0.15, 0.2) is 79.1 Å². The maximum absolute atomic E-state index is 15.2. The van der Waals surface area contributed by atoms with Crippen LogP contribution in [0, 0.1) is 24.1 Å². The molecule has 0 spiro atoms. The van der Waals surface area contributed by atoms with Gasteiger partial charge in [-0.05, 0) is 73.8 Å². The van der Waals surface area contributed by atoms with Crippen LogP contribution < -0.4 is 20.1 Å². The van der Waals surface area contributed by atoms with Crippen molar-refractivity contribution in [2.75, 3.05) is 23.1 Å². The molecule has 1 aliphatic rings. The summed E-state index contributed by atoms with van der Waals surface area (Å²) >= 11 is 0.